The number of methoxy groups -OCH3 is 1. The number of carbonyl (C=O) groups is 1. The maximum absolute atomic E-state index is 11.5. The van der Waals surface area contributed by atoms with E-state index in [1.165, 1.54) is 0 Å². The maximum atomic E-state index is 11.5. The predicted octanol–water partition coefficient (Wildman–Crippen LogP) is 4.04. The lowest BCUT2D eigenvalue weighted by Crippen LogP contribution is -2.37. The number of fused-ring (bicyclic) bond motifs is 1. The fourth-order valence-corrected chi connectivity index (χ4v) is 2.33. The average molecular weight is 364 g/mol. The summed E-state index contributed by atoms with van der Waals surface area (Å²) in [5.41, 5.74) is -1.02. The van der Waals surface area contributed by atoms with Crippen LogP contribution in [-0.2, 0) is 16.1 Å². The van der Waals surface area contributed by atoms with Crippen LogP contribution in [0.5, 0.6) is 23.0 Å². The van der Waals surface area contributed by atoms with Crippen LogP contribution in [0.3, 0.4) is 0 Å². The van der Waals surface area contributed by atoms with Gasteiger partial charge in [0.25, 0.3) is 0 Å². The number of ether oxygens (including phenoxy) is 5. The number of hydrogen-bond acceptors (Lipinski definition) is 6. The number of aldehydes is 1. The van der Waals surface area contributed by atoms with Gasteiger partial charge in [0.15, 0.2) is 23.4 Å². The molecule has 0 atom stereocenters. The third-order valence-electron chi connectivity index (χ3n) is 3.88. The van der Waals surface area contributed by atoms with Crippen molar-refractivity contribution in [3.63, 3.8) is 0 Å². The van der Waals surface area contributed by atoms with Crippen molar-refractivity contribution in [2.24, 2.45) is 0 Å². The molecule has 0 saturated carbocycles. The molecule has 0 aromatic heterocycles. The molecular weight excluding hydrogens is 336 g/mol. The Labute approximate surface area is 155 Å². The standard InChI is InChI=1S/C20H28O6/c1-9-18(2,3)24-16-14(22-8)10-13-11-23-20(6,7)26-15(13)17(16)25-19(4,5)12-21/h9-10,12H,1,11H2,2-8H3. The largest absolute Gasteiger partial charge is 0.493 e. The smallest absolute Gasteiger partial charge is 0.209 e. The van der Waals surface area contributed by atoms with E-state index in [4.69, 9.17) is 23.7 Å². The Kier molecular flexibility index (Phi) is 5.29. The molecule has 1 heterocycles. The van der Waals surface area contributed by atoms with Crippen LogP contribution < -0.4 is 18.9 Å². The average Bonchev–Trinajstić information content (AvgIpc) is 2.56. The highest BCUT2D eigenvalue weighted by atomic mass is 16.7. The molecule has 2 rings (SSSR count). The van der Waals surface area contributed by atoms with E-state index < -0.39 is 17.0 Å². The van der Waals surface area contributed by atoms with Gasteiger partial charge in [0.05, 0.1) is 13.7 Å². The quantitative estimate of drug-likeness (QED) is 0.537. The first-order valence-corrected chi connectivity index (χ1v) is 8.48. The molecule has 0 saturated heterocycles. The van der Waals surface area contributed by atoms with Crippen molar-refractivity contribution in [2.45, 2.75) is 65.1 Å². The van der Waals surface area contributed by atoms with Gasteiger partial charge >= 0.3 is 0 Å². The molecule has 1 aromatic carbocycles. The topological polar surface area (TPSA) is 63.2 Å². The minimum atomic E-state index is -1.08. The van der Waals surface area contributed by atoms with E-state index in [1.807, 2.05) is 27.7 Å². The van der Waals surface area contributed by atoms with Crippen LogP contribution >= 0.6 is 0 Å². The third-order valence-corrected chi connectivity index (χ3v) is 3.88. The summed E-state index contributed by atoms with van der Waals surface area (Å²) in [5, 5.41) is 0. The van der Waals surface area contributed by atoms with E-state index in [2.05, 4.69) is 6.58 Å². The highest BCUT2D eigenvalue weighted by Crippen LogP contribution is 2.52. The van der Waals surface area contributed by atoms with Crippen molar-refractivity contribution in [2.75, 3.05) is 7.11 Å². The van der Waals surface area contributed by atoms with Gasteiger partial charge in [-0.2, -0.15) is 0 Å². The zero-order valence-corrected chi connectivity index (χ0v) is 16.6. The molecule has 1 aliphatic rings. The minimum absolute atomic E-state index is 0.308. The molecule has 0 unspecified atom stereocenters. The number of hydrogen-bond donors (Lipinski definition) is 0. The van der Waals surface area contributed by atoms with Crippen molar-refractivity contribution in [3.8, 4) is 23.0 Å². The lowest BCUT2D eigenvalue weighted by molar-refractivity contribution is -0.181. The molecule has 144 valence electrons. The molecule has 0 spiro atoms. The number of carbonyl (C=O) groups excluding carboxylic acids is 1. The first-order chi connectivity index (χ1) is 11.9. The predicted molar refractivity (Wildman–Crippen MR) is 98.2 cm³/mol. The second-order valence-electron chi connectivity index (χ2n) is 7.75. The summed E-state index contributed by atoms with van der Waals surface area (Å²) in [4.78, 5) is 11.5. The summed E-state index contributed by atoms with van der Waals surface area (Å²) < 4.78 is 29.4. The lowest BCUT2D eigenvalue weighted by atomic mass is 10.1. The van der Waals surface area contributed by atoms with Crippen molar-refractivity contribution in [3.05, 3.63) is 24.3 Å². The molecule has 1 aromatic rings. The molecule has 1 aliphatic heterocycles. The Balaban J connectivity index is 2.70. The molecular formula is C20H28O6. The Morgan fingerprint density at radius 2 is 1.77 bits per heavy atom. The number of benzene rings is 1. The van der Waals surface area contributed by atoms with Gasteiger partial charge in [-0.25, -0.2) is 0 Å². The van der Waals surface area contributed by atoms with Crippen LogP contribution in [0.1, 0.15) is 47.1 Å². The summed E-state index contributed by atoms with van der Waals surface area (Å²) in [6.45, 7) is 14.8. The van der Waals surface area contributed by atoms with Crippen LogP contribution in [0.15, 0.2) is 18.7 Å². The van der Waals surface area contributed by atoms with Gasteiger partial charge in [0, 0.05) is 19.4 Å². The Hall–Kier alpha value is -2.21. The highest BCUT2D eigenvalue weighted by Gasteiger charge is 2.36. The first-order valence-electron chi connectivity index (χ1n) is 8.48. The van der Waals surface area contributed by atoms with E-state index >= 15 is 0 Å². The van der Waals surface area contributed by atoms with Crippen molar-refractivity contribution in [1.29, 1.82) is 0 Å². The molecule has 6 nitrogen and oxygen atoms in total. The monoisotopic (exact) mass is 364 g/mol. The Morgan fingerprint density at radius 3 is 2.31 bits per heavy atom. The van der Waals surface area contributed by atoms with Crippen molar-refractivity contribution in [1.82, 2.24) is 0 Å². The van der Waals surface area contributed by atoms with Gasteiger partial charge in [-0.3, -0.25) is 4.79 Å². The van der Waals surface area contributed by atoms with E-state index in [0.717, 1.165) is 11.8 Å². The molecule has 0 fully saturated rings. The Bertz CT molecular complexity index is 703. The van der Waals surface area contributed by atoms with Gasteiger partial charge in [0.2, 0.25) is 17.3 Å². The van der Waals surface area contributed by atoms with E-state index in [0.29, 0.717) is 29.6 Å². The molecule has 0 N–H and O–H groups in total. The van der Waals surface area contributed by atoms with E-state index in [9.17, 15) is 4.79 Å². The number of rotatable bonds is 7. The highest BCUT2D eigenvalue weighted by molar-refractivity contribution is 5.67. The van der Waals surface area contributed by atoms with Crippen LogP contribution in [0.25, 0.3) is 0 Å². The van der Waals surface area contributed by atoms with Crippen LogP contribution in [-0.4, -0.2) is 30.4 Å². The van der Waals surface area contributed by atoms with Gasteiger partial charge in [-0.1, -0.05) is 6.58 Å². The summed E-state index contributed by atoms with van der Waals surface area (Å²) in [6, 6.07) is 1.79. The second-order valence-corrected chi connectivity index (χ2v) is 7.75. The van der Waals surface area contributed by atoms with Crippen LogP contribution in [0.4, 0.5) is 0 Å². The van der Waals surface area contributed by atoms with Gasteiger partial charge < -0.3 is 23.7 Å². The van der Waals surface area contributed by atoms with Crippen molar-refractivity contribution >= 4 is 6.29 Å². The molecule has 0 amide bonds. The lowest BCUT2D eigenvalue weighted by Gasteiger charge is -2.36. The van der Waals surface area contributed by atoms with E-state index in [1.54, 1.807) is 33.1 Å². The SMILES string of the molecule is C=CC(C)(C)Oc1c(OC)cc2c(c1OC(C)(C)C=O)OC(C)(C)OC2. The summed E-state index contributed by atoms with van der Waals surface area (Å²) in [5.74, 6) is 0.761. The van der Waals surface area contributed by atoms with E-state index in [-0.39, 0.29) is 0 Å². The molecule has 0 radical (unpaired) electrons. The Morgan fingerprint density at radius 1 is 1.15 bits per heavy atom. The fraction of sp³-hybridized carbons (Fsp3) is 0.550. The van der Waals surface area contributed by atoms with Crippen LogP contribution in [0, 0.1) is 0 Å². The molecule has 26 heavy (non-hydrogen) atoms. The molecule has 0 aliphatic carbocycles. The summed E-state index contributed by atoms with van der Waals surface area (Å²) in [7, 11) is 1.54. The summed E-state index contributed by atoms with van der Waals surface area (Å²) >= 11 is 0. The normalized spacial score (nSPS) is 16.1. The van der Waals surface area contributed by atoms with Crippen LogP contribution in [0.2, 0.25) is 0 Å². The second kappa shape index (κ2) is 6.83. The minimum Gasteiger partial charge on any atom is -0.493 e. The third kappa shape index (κ3) is 4.30. The first kappa shape index (κ1) is 20.1. The van der Waals surface area contributed by atoms with Crippen molar-refractivity contribution < 1.29 is 28.5 Å². The summed E-state index contributed by atoms with van der Waals surface area (Å²) in [6.07, 6.45) is 2.40. The van der Waals surface area contributed by atoms with Gasteiger partial charge in [-0.05, 0) is 39.8 Å². The zero-order valence-electron chi connectivity index (χ0n) is 16.6. The molecule has 0 bridgehead atoms. The molecule has 6 heteroatoms. The zero-order chi connectivity index (χ0) is 19.8. The van der Waals surface area contributed by atoms with Gasteiger partial charge in [-0.15, -0.1) is 0 Å². The van der Waals surface area contributed by atoms with Gasteiger partial charge in [0.1, 0.15) is 5.60 Å². The maximum Gasteiger partial charge on any atom is 0.209 e. The fourth-order valence-electron chi connectivity index (χ4n) is 2.33.